The third kappa shape index (κ3) is 4.31. The molecule has 57 heavy (non-hydrogen) atoms. The molecular weight excluding hydrogens is 695 g/mol. The van der Waals surface area contributed by atoms with Gasteiger partial charge >= 0.3 is 0 Å². The number of hydrogen-bond acceptors (Lipinski definition) is 5. The van der Waals surface area contributed by atoms with Gasteiger partial charge in [0.1, 0.15) is 11.2 Å². The van der Waals surface area contributed by atoms with Crippen molar-refractivity contribution in [3.8, 4) is 0 Å². The summed E-state index contributed by atoms with van der Waals surface area (Å²) < 4.78 is 7.39. The van der Waals surface area contributed by atoms with E-state index in [0.29, 0.717) is 0 Å². The van der Waals surface area contributed by atoms with Gasteiger partial charge in [-0.1, -0.05) is 72.8 Å². The smallest absolute Gasteiger partial charge is 0.297 e. The molecule has 4 saturated carbocycles. The van der Waals surface area contributed by atoms with E-state index >= 15 is 0 Å². The quantitative estimate of drug-likeness (QED) is 0.164. The molecule has 278 valence electrons. The largest absolute Gasteiger partial charge is 0.468 e. The zero-order chi connectivity index (χ0) is 37.6. The maximum absolute atomic E-state index is 7.39. The second-order valence-corrected chi connectivity index (χ2v) is 18.3. The molecule has 4 aliphatic carbocycles. The Hall–Kier alpha value is -5.88. The minimum absolute atomic E-state index is 0.0420. The highest BCUT2D eigenvalue weighted by Crippen LogP contribution is 2.64. The van der Waals surface area contributed by atoms with Gasteiger partial charge in [-0.15, -0.1) is 0 Å². The lowest BCUT2D eigenvalue weighted by Crippen LogP contribution is -2.68. The summed E-state index contributed by atoms with van der Waals surface area (Å²) >= 11 is 0. The van der Waals surface area contributed by atoms with Crippen molar-refractivity contribution < 1.29 is 4.42 Å². The van der Waals surface area contributed by atoms with Crippen LogP contribution in [0.25, 0.3) is 11.0 Å². The number of anilines is 9. The molecule has 6 aromatic carbocycles. The predicted molar refractivity (Wildman–Crippen MR) is 236 cm³/mol. The number of furan rings is 1. The summed E-state index contributed by atoms with van der Waals surface area (Å²) in [6, 6.07) is 53.2. The van der Waals surface area contributed by atoms with Gasteiger partial charge in [0.2, 0.25) is 0 Å². The van der Waals surface area contributed by atoms with Crippen molar-refractivity contribution in [2.45, 2.75) is 63.6 Å². The Bertz CT molecular complexity index is 2670. The fourth-order valence-corrected chi connectivity index (χ4v) is 13.3. The number of fused-ring (bicyclic) bond motifs is 7. The van der Waals surface area contributed by atoms with E-state index in [1.165, 1.54) is 72.2 Å². The molecule has 5 nitrogen and oxygen atoms in total. The Morgan fingerprint density at radius 3 is 1.86 bits per heavy atom. The zero-order valence-corrected chi connectivity index (χ0v) is 32.6. The van der Waals surface area contributed by atoms with Crippen molar-refractivity contribution in [1.29, 1.82) is 0 Å². The highest BCUT2D eigenvalue weighted by molar-refractivity contribution is 7.00. The first-order chi connectivity index (χ1) is 28.0. The molecule has 4 heterocycles. The van der Waals surface area contributed by atoms with Gasteiger partial charge in [0.25, 0.3) is 6.71 Å². The van der Waals surface area contributed by atoms with Crippen LogP contribution in [0.5, 0.6) is 0 Å². The maximum Gasteiger partial charge on any atom is 0.297 e. The SMILES string of the molecule is CC1(C)N2c3ccccc3B3c4oc5cc(N(c6ccccc6)c6ccccc6)ccc5c4N(c4ccccc4)c4ccc(c2c43)N1C12CC3CC(CC(C3)C1)C2. The van der Waals surface area contributed by atoms with Crippen LogP contribution in [0.2, 0.25) is 0 Å². The average Bonchev–Trinajstić information content (AvgIpc) is 3.72. The Morgan fingerprint density at radius 1 is 0.596 bits per heavy atom. The second-order valence-electron chi connectivity index (χ2n) is 18.3. The number of nitrogens with zero attached hydrogens (tertiary/aromatic N) is 4. The Balaban J connectivity index is 1.06. The first-order valence-corrected chi connectivity index (χ1v) is 21.2. The Morgan fingerprint density at radius 2 is 1.19 bits per heavy atom. The van der Waals surface area contributed by atoms with E-state index in [1.807, 2.05) is 0 Å². The van der Waals surface area contributed by atoms with Crippen LogP contribution in [-0.2, 0) is 0 Å². The molecule has 7 aliphatic rings. The normalized spacial score (nSPS) is 24.1. The van der Waals surface area contributed by atoms with Gasteiger partial charge in [0.05, 0.1) is 22.7 Å². The van der Waals surface area contributed by atoms with Crippen molar-refractivity contribution in [2.75, 3.05) is 19.6 Å². The van der Waals surface area contributed by atoms with Crippen LogP contribution in [0.15, 0.2) is 150 Å². The van der Waals surface area contributed by atoms with Crippen LogP contribution < -0.4 is 36.2 Å². The van der Waals surface area contributed by atoms with Crippen LogP contribution >= 0.6 is 0 Å². The first-order valence-electron chi connectivity index (χ1n) is 21.2. The molecule has 0 amide bonds. The average molecular weight is 741 g/mol. The predicted octanol–water partition coefficient (Wildman–Crippen LogP) is 11.2. The highest BCUT2D eigenvalue weighted by Gasteiger charge is 2.62. The molecule has 3 aliphatic heterocycles. The molecule has 14 rings (SSSR count). The summed E-state index contributed by atoms with van der Waals surface area (Å²) in [5.41, 5.74) is 15.5. The van der Waals surface area contributed by atoms with Crippen LogP contribution in [0, 0.1) is 17.8 Å². The number of hydrogen-bond donors (Lipinski definition) is 0. The van der Waals surface area contributed by atoms with Gasteiger partial charge in [-0.25, -0.2) is 0 Å². The zero-order valence-electron chi connectivity index (χ0n) is 32.6. The van der Waals surface area contributed by atoms with Crippen molar-refractivity contribution >= 4 is 85.5 Å². The van der Waals surface area contributed by atoms with E-state index in [-0.39, 0.29) is 17.9 Å². The fourth-order valence-electron chi connectivity index (χ4n) is 13.3. The molecule has 7 aromatic rings. The van der Waals surface area contributed by atoms with Crippen LogP contribution in [0.3, 0.4) is 0 Å². The van der Waals surface area contributed by atoms with Gasteiger partial charge in [-0.05, 0) is 148 Å². The van der Waals surface area contributed by atoms with E-state index in [0.717, 1.165) is 62.8 Å². The third-order valence-electron chi connectivity index (χ3n) is 14.7. The van der Waals surface area contributed by atoms with Gasteiger partial charge in [0, 0.05) is 51.1 Å². The molecule has 1 aromatic heterocycles. The van der Waals surface area contributed by atoms with E-state index in [2.05, 4.69) is 179 Å². The maximum atomic E-state index is 7.39. The molecule has 6 heteroatoms. The third-order valence-corrected chi connectivity index (χ3v) is 14.7. The lowest BCUT2D eigenvalue weighted by Gasteiger charge is -2.63. The van der Waals surface area contributed by atoms with Crippen molar-refractivity contribution in [1.82, 2.24) is 0 Å². The topological polar surface area (TPSA) is 26.1 Å². The van der Waals surface area contributed by atoms with Crippen molar-refractivity contribution in [2.24, 2.45) is 17.8 Å². The number of rotatable bonds is 5. The summed E-state index contributed by atoms with van der Waals surface area (Å²) in [7, 11) is 0. The summed E-state index contributed by atoms with van der Waals surface area (Å²) in [6.07, 6.45) is 8.30. The molecular formula is C51H45BN4O. The minimum atomic E-state index is -0.233. The van der Waals surface area contributed by atoms with Gasteiger partial charge in [-0.2, -0.15) is 0 Å². The molecule has 0 spiro atoms. The van der Waals surface area contributed by atoms with Gasteiger partial charge in [-0.3, -0.25) is 0 Å². The van der Waals surface area contributed by atoms with Gasteiger partial charge < -0.3 is 24.0 Å². The highest BCUT2D eigenvalue weighted by atomic mass is 16.3. The number of benzene rings is 6. The van der Waals surface area contributed by atoms with Crippen molar-refractivity contribution in [3.63, 3.8) is 0 Å². The van der Waals surface area contributed by atoms with Gasteiger partial charge in [0.15, 0.2) is 0 Å². The Kier molecular flexibility index (Phi) is 6.43. The molecule has 0 atom stereocenters. The van der Waals surface area contributed by atoms with E-state index < -0.39 is 0 Å². The fraction of sp³-hybridized carbons (Fsp3) is 0.255. The second kappa shape index (κ2) is 11.4. The summed E-state index contributed by atoms with van der Waals surface area (Å²) in [6.45, 7) is 4.97. The van der Waals surface area contributed by atoms with Crippen LogP contribution in [-0.4, -0.2) is 17.9 Å². The standard InChI is InChI=1S/C51H45BN4O/c1-50(2)55-42-21-13-12-20-41(42)52-46-43(24-25-44(48(46)55)56(50)51-30-33-26-34(31-51)28-35(27-33)32-51)54(38-18-10-5-11-19-38)47-40-23-22-39(29-45(40)57-49(47)52)53(36-14-6-3-7-15-36)37-16-8-4-9-17-37/h3-25,29,33-35H,26-28,30-32H2,1-2H3. The summed E-state index contributed by atoms with van der Waals surface area (Å²) in [5, 5.41) is 1.13. The first kappa shape index (κ1) is 32.2. The minimum Gasteiger partial charge on any atom is -0.468 e. The molecule has 0 N–H and O–H groups in total. The van der Waals surface area contributed by atoms with Crippen molar-refractivity contribution in [3.05, 3.63) is 146 Å². The van der Waals surface area contributed by atoms with Crippen LogP contribution in [0.4, 0.5) is 51.2 Å². The lowest BCUT2D eigenvalue weighted by molar-refractivity contribution is -0.0112. The molecule has 0 saturated heterocycles. The summed E-state index contributed by atoms with van der Waals surface area (Å²) in [5.74, 6) is 2.59. The number of para-hydroxylation sites is 4. The lowest BCUT2D eigenvalue weighted by atomic mass is 9.35. The Labute approximate surface area is 335 Å². The van der Waals surface area contributed by atoms with E-state index in [9.17, 15) is 0 Å². The molecule has 0 unspecified atom stereocenters. The van der Waals surface area contributed by atoms with E-state index in [1.54, 1.807) is 0 Å². The van der Waals surface area contributed by atoms with Crippen LogP contribution in [0.1, 0.15) is 52.4 Å². The monoisotopic (exact) mass is 740 g/mol. The van der Waals surface area contributed by atoms with E-state index in [4.69, 9.17) is 4.42 Å². The summed E-state index contributed by atoms with van der Waals surface area (Å²) in [4.78, 5) is 10.5. The molecule has 4 fully saturated rings. The molecule has 0 radical (unpaired) electrons. The molecule has 4 bridgehead atoms.